The second-order valence-electron chi connectivity index (χ2n) is 3.12. The number of carbonyl (C=O) groups is 1. The number of hydrogen-bond donors (Lipinski definition) is 1. The van der Waals surface area contributed by atoms with E-state index in [1.165, 1.54) is 7.11 Å². The SMILES string of the molecule is CNC(C)(COCCOC)C(=O)OC. The molecule has 0 aliphatic heterocycles. The van der Waals surface area contributed by atoms with E-state index in [2.05, 4.69) is 10.1 Å². The number of likely N-dealkylation sites (N-methyl/N-ethyl adjacent to an activating group) is 1. The summed E-state index contributed by atoms with van der Waals surface area (Å²) in [4.78, 5) is 11.3. The van der Waals surface area contributed by atoms with Crippen LogP contribution in [0.4, 0.5) is 0 Å². The Morgan fingerprint density at radius 2 is 2.00 bits per heavy atom. The van der Waals surface area contributed by atoms with Crippen molar-refractivity contribution in [2.45, 2.75) is 12.5 Å². The lowest BCUT2D eigenvalue weighted by molar-refractivity contribution is -0.150. The lowest BCUT2D eigenvalue weighted by Gasteiger charge is -2.25. The monoisotopic (exact) mass is 205 g/mol. The maximum Gasteiger partial charge on any atom is 0.328 e. The van der Waals surface area contributed by atoms with E-state index >= 15 is 0 Å². The molecule has 84 valence electrons. The lowest BCUT2D eigenvalue weighted by Crippen LogP contribution is -2.52. The van der Waals surface area contributed by atoms with Gasteiger partial charge in [-0.3, -0.25) is 0 Å². The molecule has 5 heteroatoms. The summed E-state index contributed by atoms with van der Waals surface area (Å²) in [5, 5.41) is 2.87. The number of carbonyl (C=O) groups excluding carboxylic acids is 1. The van der Waals surface area contributed by atoms with Crippen LogP contribution in [-0.2, 0) is 19.0 Å². The molecule has 0 aliphatic carbocycles. The molecule has 0 aromatic heterocycles. The first-order chi connectivity index (χ1) is 6.60. The molecule has 0 aromatic carbocycles. The average Bonchev–Trinajstić information content (AvgIpc) is 2.22. The van der Waals surface area contributed by atoms with E-state index in [1.54, 1.807) is 21.1 Å². The molecule has 0 saturated carbocycles. The first kappa shape index (κ1) is 13.4. The van der Waals surface area contributed by atoms with Crippen LogP contribution < -0.4 is 5.32 Å². The van der Waals surface area contributed by atoms with E-state index in [1.807, 2.05) is 0 Å². The van der Waals surface area contributed by atoms with Crippen LogP contribution in [-0.4, -0.2) is 52.6 Å². The van der Waals surface area contributed by atoms with Crippen molar-refractivity contribution >= 4 is 5.97 Å². The van der Waals surface area contributed by atoms with Crippen molar-refractivity contribution in [1.29, 1.82) is 0 Å². The molecule has 0 spiro atoms. The van der Waals surface area contributed by atoms with Gasteiger partial charge in [0.1, 0.15) is 5.54 Å². The van der Waals surface area contributed by atoms with Gasteiger partial charge >= 0.3 is 5.97 Å². The summed E-state index contributed by atoms with van der Waals surface area (Å²) < 4.78 is 14.7. The summed E-state index contributed by atoms with van der Waals surface area (Å²) in [5.41, 5.74) is -0.789. The number of methoxy groups -OCH3 is 2. The molecule has 0 amide bonds. The molecule has 14 heavy (non-hydrogen) atoms. The summed E-state index contributed by atoms with van der Waals surface area (Å²) in [6, 6.07) is 0. The molecule has 0 fully saturated rings. The van der Waals surface area contributed by atoms with Gasteiger partial charge in [-0.1, -0.05) is 0 Å². The molecule has 0 rings (SSSR count). The van der Waals surface area contributed by atoms with Crippen LogP contribution in [0.3, 0.4) is 0 Å². The van der Waals surface area contributed by atoms with E-state index in [0.717, 1.165) is 0 Å². The van der Waals surface area contributed by atoms with Crippen LogP contribution in [0.15, 0.2) is 0 Å². The fourth-order valence-corrected chi connectivity index (χ4v) is 0.877. The Labute approximate surface area is 84.7 Å². The molecule has 0 aromatic rings. The van der Waals surface area contributed by atoms with Crippen LogP contribution >= 0.6 is 0 Å². The van der Waals surface area contributed by atoms with E-state index < -0.39 is 5.54 Å². The van der Waals surface area contributed by atoms with Crippen molar-refractivity contribution in [1.82, 2.24) is 5.32 Å². The van der Waals surface area contributed by atoms with Crippen LogP contribution in [0.5, 0.6) is 0 Å². The highest BCUT2D eigenvalue weighted by Crippen LogP contribution is 2.05. The van der Waals surface area contributed by atoms with Crippen LogP contribution in [0.25, 0.3) is 0 Å². The minimum Gasteiger partial charge on any atom is -0.468 e. The Morgan fingerprint density at radius 3 is 2.43 bits per heavy atom. The van der Waals surface area contributed by atoms with Gasteiger partial charge in [-0.25, -0.2) is 4.79 Å². The van der Waals surface area contributed by atoms with Crippen LogP contribution in [0.2, 0.25) is 0 Å². The molecule has 0 radical (unpaired) electrons. The third kappa shape index (κ3) is 4.04. The van der Waals surface area contributed by atoms with Crippen molar-refractivity contribution < 1.29 is 19.0 Å². The largest absolute Gasteiger partial charge is 0.468 e. The molecule has 5 nitrogen and oxygen atoms in total. The first-order valence-electron chi connectivity index (χ1n) is 4.44. The van der Waals surface area contributed by atoms with Crippen molar-refractivity contribution in [2.75, 3.05) is 41.1 Å². The van der Waals surface area contributed by atoms with E-state index in [-0.39, 0.29) is 12.6 Å². The minimum absolute atomic E-state index is 0.263. The lowest BCUT2D eigenvalue weighted by atomic mass is 10.1. The zero-order valence-electron chi connectivity index (χ0n) is 9.25. The standard InChI is InChI=1S/C9H19NO4/c1-9(10-2,8(11)13-4)7-14-6-5-12-3/h10H,5-7H2,1-4H3. The summed E-state index contributed by atoms with van der Waals surface area (Å²) >= 11 is 0. The zero-order valence-corrected chi connectivity index (χ0v) is 9.25. The first-order valence-corrected chi connectivity index (χ1v) is 4.44. The molecule has 0 saturated heterocycles. The highest BCUT2D eigenvalue weighted by molar-refractivity contribution is 5.80. The normalized spacial score (nSPS) is 14.9. The Bertz CT molecular complexity index is 174. The fraction of sp³-hybridized carbons (Fsp3) is 0.889. The van der Waals surface area contributed by atoms with Gasteiger partial charge in [0.05, 0.1) is 26.9 Å². The van der Waals surface area contributed by atoms with Gasteiger partial charge in [-0.05, 0) is 14.0 Å². The second kappa shape index (κ2) is 6.75. The molecular formula is C9H19NO4. The van der Waals surface area contributed by atoms with Crippen molar-refractivity contribution in [3.63, 3.8) is 0 Å². The second-order valence-corrected chi connectivity index (χ2v) is 3.12. The highest BCUT2D eigenvalue weighted by atomic mass is 16.5. The Morgan fingerprint density at radius 1 is 1.36 bits per heavy atom. The van der Waals surface area contributed by atoms with Crippen molar-refractivity contribution in [3.05, 3.63) is 0 Å². The smallest absolute Gasteiger partial charge is 0.328 e. The summed E-state index contributed by atoms with van der Waals surface area (Å²) in [6.45, 7) is 2.97. The minimum atomic E-state index is -0.789. The molecule has 0 aliphatic rings. The van der Waals surface area contributed by atoms with Crippen molar-refractivity contribution in [2.24, 2.45) is 0 Å². The maximum atomic E-state index is 11.3. The maximum absolute atomic E-state index is 11.3. The predicted octanol–water partition coefficient (Wildman–Crippen LogP) is -0.199. The third-order valence-corrected chi connectivity index (χ3v) is 2.01. The van der Waals surface area contributed by atoms with Gasteiger partial charge in [-0.15, -0.1) is 0 Å². The third-order valence-electron chi connectivity index (χ3n) is 2.01. The van der Waals surface area contributed by atoms with Gasteiger partial charge in [0.2, 0.25) is 0 Å². The highest BCUT2D eigenvalue weighted by Gasteiger charge is 2.32. The molecule has 1 unspecified atom stereocenters. The van der Waals surface area contributed by atoms with Crippen LogP contribution in [0, 0.1) is 0 Å². The number of ether oxygens (including phenoxy) is 3. The zero-order chi connectivity index (χ0) is 11.0. The number of nitrogens with one attached hydrogen (secondary N) is 1. The van der Waals surface area contributed by atoms with Gasteiger partial charge < -0.3 is 19.5 Å². The number of esters is 1. The van der Waals surface area contributed by atoms with E-state index in [9.17, 15) is 4.79 Å². The summed E-state index contributed by atoms with van der Waals surface area (Å²) in [6.07, 6.45) is 0. The quantitative estimate of drug-likeness (QED) is 0.461. The Kier molecular flexibility index (Phi) is 6.44. The Hall–Kier alpha value is -0.650. The molecule has 1 N–H and O–H groups in total. The molecule has 1 atom stereocenters. The molecular weight excluding hydrogens is 186 g/mol. The van der Waals surface area contributed by atoms with E-state index in [0.29, 0.717) is 13.2 Å². The summed E-state index contributed by atoms with van der Waals surface area (Å²) in [7, 11) is 4.64. The van der Waals surface area contributed by atoms with Crippen LogP contribution in [0.1, 0.15) is 6.92 Å². The van der Waals surface area contributed by atoms with E-state index in [4.69, 9.17) is 9.47 Å². The van der Waals surface area contributed by atoms with Gasteiger partial charge in [0, 0.05) is 7.11 Å². The number of rotatable bonds is 7. The molecule has 0 bridgehead atoms. The number of hydrogen-bond acceptors (Lipinski definition) is 5. The van der Waals surface area contributed by atoms with Gasteiger partial charge in [-0.2, -0.15) is 0 Å². The summed E-state index contributed by atoms with van der Waals surface area (Å²) in [5.74, 6) is -0.336. The average molecular weight is 205 g/mol. The topological polar surface area (TPSA) is 56.8 Å². The van der Waals surface area contributed by atoms with Crippen molar-refractivity contribution in [3.8, 4) is 0 Å². The van der Waals surface area contributed by atoms with Gasteiger partial charge in [0.25, 0.3) is 0 Å². The van der Waals surface area contributed by atoms with Gasteiger partial charge in [0.15, 0.2) is 0 Å². The fourth-order valence-electron chi connectivity index (χ4n) is 0.877. The Balaban J connectivity index is 3.93. The predicted molar refractivity (Wildman–Crippen MR) is 52.2 cm³/mol. The molecule has 0 heterocycles.